The maximum absolute atomic E-state index is 13.1. The molecule has 2 heterocycles. The van der Waals surface area contributed by atoms with Gasteiger partial charge in [0.15, 0.2) is 12.0 Å². The summed E-state index contributed by atoms with van der Waals surface area (Å²) >= 11 is 0. The Hall–Kier alpha value is -2.91. The third-order valence-corrected chi connectivity index (χ3v) is 6.17. The molecule has 4 rings (SSSR count). The zero-order valence-electron chi connectivity index (χ0n) is 19.9. The molecular formula is C24H30N2O7. The Bertz CT molecular complexity index is 1120. The third kappa shape index (κ3) is 3.79. The normalized spacial score (nSPS) is 16.9. The summed E-state index contributed by atoms with van der Waals surface area (Å²) < 4.78 is 24.1. The van der Waals surface area contributed by atoms with E-state index < -0.39 is 23.5 Å². The van der Waals surface area contributed by atoms with Crippen LogP contribution < -0.4 is 4.74 Å². The molecule has 0 N–H and O–H groups in total. The molecule has 0 unspecified atom stereocenters. The molecule has 2 aliphatic rings. The highest BCUT2D eigenvalue weighted by Crippen LogP contribution is 2.46. The summed E-state index contributed by atoms with van der Waals surface area (Å²) in [6.07, 6.45) is 0.149. The van der Waals surface area contributed by atoms with E-state index >= 15 is 0 Å². The number of hydrogen-bond acceptors (Lipinski definition) is 7. The highest BCUT2D eigenvalue weighted by Gasteiger charge is 2.41. The lowest BCUT2D eigenvalue weighted by Gasteiger charge is -2.35. The Morgan fingerprint density at radius 2 is 1.67 bits per heavy atom. The van der Waals surface area contributed by atoms with Crippen LogP contribution in [0.1, 0.15) is 72.4 Å². The van der Waals surface area contributed by atoms with Gasteiger partial charge in [-0.05, 0) is 39.7 Å². The lowest BCUT2D eigenvalue weighted by molar-refractivity contribution is -0.105. The van der Waals surface area contributed by atoms with Gasteiger partial charge in [-0.2, -0.15) is 0 Å². The van der Waals surface area contributed by atoms with Crippen molar-refractivity contribution in [1.82, 2.24) is 9.47 Å². The number of carbonyl (C=O) groups excluding carboxylic acids is 3. The number of rotatable bonds is 5. The van der Waals surface area contributed by atoms with Crippen molar-refractivity contribution in [2.75, 3.05) is 34.4 Å². The predicted octanol–water partition coefficient (Wildman–Crippen LogP) is 3.89. The van der Waals surface area contributed by atoms with Crippen molar-refractivity contribution >= 4 is 28.6 Å². The fourth-order valence-electron chi connectivity index (χ4n) is 4.81. The molecule has 9 heteroatoms. The minimum absolute atomic E-state index is 0.122. The van der Waals surface area contributed by atoms with Crippen molar-refractivity contribution in [3.63, 3.8) is 0 Å². The number of benzene rings is 1. The van der Waals surface area contributed by atoms with Gasteiger partial charge in [0, 0.05) is 44.5 Å². The second-order valence-corrected chi connectivity index (χ2v) is 9.34. The first-order valence-corrected chi connectivity index (χ1v) is 11.0. The highest BCUT2D eigenvalue weighted by atomic mass is 16.7. The Labute approximate surface area is 192 Å². The van der Waals surface area contributed by atoms with Gasteiger partial charge in [-0.25, -0.2) is 4.79 Å². The van der Waals surface area contributed by atoms with Gasteiger partial charge in [-0.15, -0.1) is 0 Å². The molecule has 0 spiro atoms. The van der Waals surface area contributed by atoms with E-state index in [9.17, 15) is 14.4 Å². The van der Waals surface area contributed by atoms with Crippen LogP contribution in [0.3, 0.4) is 0 Å². The Morgan fingerprint density at radius 3 is 2.21 bits per heavy atom. The summed E-state index contributed by atoms with van der Waals surface area (Å²) in [5, 5.41) is 0.600. The van der Waals surface area contributed by atoms with Crippen LogP contribution in [0.5, 0.6) is 5.75 Å². The van der Waals surface area contributed by atoms with Gasteiger partial charge in [0.05, 0.1) is 18.0 Å². The first kappa shape index (κ1) is 23.3. The van der Waals surface area contributed by atoms with Crippen molar-refractivity contribution in [3.05, 3.63) is 29.0 Å². The van der Waals surface area contributed by atoms with E-state index in [1.54, 1.807) is 17.0 Å². The average molecular weight is 459 g/mol. The molecule has 33 heavy (non-hydrogen) atoms. The number of Topliss-reactive ketones (excluding diaryl/α,β-unsaturated/α-hetero) is 2. The smallest absolute Gasteiger partial charge is 0.410 e. The van der Waals surface area contributed by atoms with Crippen molar-refractivity contribution in [2.45, 2.75) is 51.5 Å². The molecule has 178 valence electrons. The van der Waals surface area contributed by atoms with Crippen LogP contribution in [0.4, 0.5) is 4.79 Å². The van der Waals surface area contributed by atoms with Crippen LogP contribution >= 0.6 is 0 Å². The topological polar surface area (TPSA) is 96.3 Å². The summed E-state index contributed by atoms with van der Waals surface area (Å²) in [6.45, 7) is 6.44. The van der Waals surface area contributed by atoms with E-state index in [0.717, 1.165) is 0 Å². The number of ketones is 2. The molecule has 1 aromatic heterocycles. The number of amides is 1. The maximum Gasteiger partial charge on any atom is 0.410 e. The molecule has 1 amide bonds. The molecule has 1 fully saturated rings. The summed E-state index contributed by atoms with van der Waals surface area (Å²) in [5.74, 6) is -0.742. The van der Waals surface area contributed by atoms with E-state index in [0.29, 0.717) is 53.7 Å². The van der Waals surface area contributed by atoms with Gasteiger partial charge in [-0.3, -0.25) is 9.59 Å². The standard InChI is InChI=1S/C24H30N2O7/c1-24(2,3)33-23(29)25-11-9-13(10-12-25)26-17-15(22(31-5)32-6)8-7-14-16(17)21(30-4)18(26)20(28)19(14)27/h7-8,13,22H,9-12H2,1-6H3. The molecule has 2 aromatic rings. The number of carbonyl (C=O) groups is 3. The van der Waals surface area contributed by atoms with E-state index in [-0.39, 0.29) is 17.8 Å². The van der Waals surface area contributed by atoms with Crippen molar-refractivity contribution in [2.24, 2.45) is 0 Å². The van der Waals surface area contributed by atoms with Crippen molar-refractivity contribution in [3.8, 4) is 5.75 Å². The van der Waals surface area contributed by atoms with Crippen molar-refractivity contribution < 1.29 is 33.3 Å². The SMILES string of the molecule is COc1c2n(C3CCN(C(=O)OC(C)(C)C)CC3)c3c(C(OC)OC)ccc(c13)C(=O)C2=O. The number of methoxy groups -OCH3 is 3. The molecule has 0 atom stereocenters. The Morgan fingerprint density at radius 1 is 1.03 bits per heavy atom. The molecule has 1 aromatic carbocycles. The van der Waals surface area contributed by atoms with E-state index in [2.05, 4.69) is 0 Å². The number of piperidine rings is 1. The number of likely N-dealkylation sites (tertiary alicyclic amines) is 1. The molecule has 1 aliphatic carbocycles. The van der Waals surface area contributed by atoms with Crippen LogP contribution in [-0.2, 0) is 14.2 Å². The van der Waals surface area contributed by atoms with E-state index in [1.165, 1.54) is 21.3 Å². The zero-order valence-corrected chi connectivity index (χ0v) is 19.9. The van der Waals surface area contributed by atoms with E-state index in [4.69, 9.17) is 18.9 Å². The Kier molecular flexibility index (Phi) is 5.96. The first-order chi connectivity index (χ1) is 15.6. The van der Waals surface area contributed by atoms with Gasteiger partial charge in [0.25, 0.3) is 5.78 Å². The van der Waals surface area contributed by atoms with Crippen LogP contribution in [0.25, 0.3) is 10.9 Å². The number of ether oxygens (including phenoxy) is 4. The molecule has 0 radical (unpaired) electrons. The summed E-state index contributed by atoms with van der Waals surface area (Å²) in [4.78, 5) is 40.2. The minimum atomic E-state index is -0.682. The maximum atomic E-state index is 13.1. The minimum Gasteiger partial charge on any atom is -0.494 e. The number of aromatic nitrogens is 1. The molecule has 1 aliphatic heterocycles. The second-order valence-electron chi connectivity index (χ2n) is 9.34. The summed E-state index contributed by atoms with van der Waals surface area (Å²) in [6, 6.07) is 3.27. The van der Waals surface area contributed by atoms with E-state index in [1.807, 2.05) is 25.3 Å². The molecule has 1 saturated heterocycles. The third-order valence-electron chi connectivity index (χ3n) is 6.17. The molecule has 9 nitrogen and oxygen atoms in total. The van der Waals surface area contributed by atoms with Gasteiger partial charge >= 0.3 is 6.09 Å². The van der Waals surface area contributed by atoms with Gasteiger partial charge in [-0.1, -0.05) is 6.07 Å². The fourth-order valence-corrected chi connectivity index (χ4v) is 4.81. The van der Waals surface area contributed by atoms with Crippen LogP contribution in [0, 0.1) is 0 Å². The second kappa shape index (κ2) is 8.46. The first-order valence-electron chi connectivity index (χ1n) is 11.0. The number of fused-ring (bicyclic) bond motifs is 1. The van der Waals surface area contributed by atoms with Gasteiger partial charge in [0.1, 0.15) is 11.3 Å². The highest BCUT2D eigenvalue weighted by molar-refractivity contribution is 6.54. The lowest BCUT2D eigenvalue weighted by atomic mass is 9.94. The number of hydrogen-bond donors (Lipinski definition) is 0. The summed E-state index contributed by atoms with van der Waals surface area (Å²) in [7, 11) is 4.57. The summed E-state index contributed by atoms with van der Waals surface area (Å²) in [5.41, 5.74) is 1.40. The molecule has 2 bridgehead atoms. The monoisotopic (exact) mass is 458 g/mol. The fraction of sp³-hybridized carbons (Fsp3) is 0.542. The lowest BCUT2D eigenvalue weighted by Crippen LogP contribution is -2.42. The van der Waals surface area contributed by atoms with Crippen LogP contribution in [0.2, 0.25) is 0 Å². The molecule has 0 saturated carbocycles. The van der Waals surface area contributed by atoms with Crippen LogP contribution in [-0.4, -0.2) is 67.1 Å². The average Bonchev–Trinajstić information content (AvgIpc) is 3.10. The van der Waals surface area contributed by atoms with Crippen LogP contribution in [0.15, 0.2) is 12.1 Å². The van der Waals surface area contributed by atoms with Gasteiger partial charge < -0.3 is 28.4 Å². The largest absolute Gasteiger partial charge is 0.494 e. The predicted molar refractivity (Wildman–Crippen MR) is 120 cm³/mol. The quantitative estimate of drug-likeness (QED) is 0.495. The Balaban J connectivity index is 1.79. The van der Waals surface area contributed by atoms with Gasteiger partial charge in [0.2, 0.25) is 5.78 Å². The number of nitrogens with zero attached hydrogens (tertiary/aromatic N) is 2. The molecular weight excluding hydrogens is 428 g/mol. The van der Waals surface area contributed by atoms with Crippen molar-refractivity contribution in [1.29, 1.82) is 0 Å². The zero-order chi connectivity index (χ0) is 24.1.